The summed E-state index contributed by atoms with van der Waals surface area (Å²) in [4.78, 5) is 26.5. The van der Waals surface area contributed by atoms with Crippen LogP contribution in [0.5, 0.6) is 5.75 Å². The number of sulfone groups is 1. The first-order valence-corrected chi connectivity index (χ1v) is 10.8. The lowest BCUT2D eigenvalue weighted by molar-refractivity contribution is -0.137. The molecule has 0 radical (unpaired) electrons. The number of methoxy groups -OCH3 is 1. The van der Waals surface area contributed by atoms with Crippen molar-refractivity contribution in [3.63, 3.8) is 0 Å². The fourth-order valence-electron chi connectivity index (χ4n) is 3.00. The van der Waals surface area contributed by atoms with Crippen LogP contribution in [0.4, 0.5) is 0 Å². The van der Waals surface area contributed by atoms with E-state index in [-0.39, 0.29) is 34.8 Å². The van der Waals surface area contributed by atoms with E-state index in [0.717, 1.165) is 0 Å². The van der Waals surface area contributed by atoms with Crippen molar-refractivity contribution in [2.75, 3.05) is 31.8 Å². The van der Waals surface area contributed by atoms with Crippen LogP contribution in [-0.2, 0) is 19.4 Å². The number of esters is 1. The van der Waals surface area contributed by atoms with E-state index >= 15 is 0 Å². The van der Waals surface area contributed by atoms with Gasteiger partial charge in [0, 0.05) is 17.6 Å². The maximum atomic E-state index is 12.6. The summed E-state index contributed by atoms with van der Waals surface area (Å²) in [5.74, 6) is -0.689. The number of benzene rings is 1. The Hall–Kier alpha value is -1.80. The van der Waals surface area contributed by atoms with Crippen molar-refractivity contribution >= 4 is 33.3 Å². The summed E-state index contributed by atoms with van der Waals surface area (Å²) < 4.78 is 33.8. The highest BCUT2D eigenvalue weighted by atomic mass is 35.5. The second-order valence-electron chi connectivity index (χ2n) is 6.92. The lowest BCUT2D eigenvalue weighted by Gasteiger charge is -2.29. The van der Waals surface area contributed by atoms with E-state index in [0.29, 0.717) is 18.0 Å². The molecule has 150 valence electrons. The summed E-state index contributed by atoms with van der Waals surface area (Å²) in [6.07, 6.45) is 0.400. The van der Waals surface area contributed by atoms with Crippen LogP contribution in [0.15, 0.2) is 18.2 Å². The summed E-state index contributed by atoms with van der Waals surface area (Å²) in [5, 5.41) is 0.340. The number of hydrogen-bond donors (Lipinski definition) is 0. The Morgan fingerprint density at radius 2 is 2.04 bits per heavy atom. The molecule has 0 bridgehead atoms. The Kier molecular flexibility index (Phi) is 7.11. The van der Waals surface area contributed by atoms with Gasteiger partial charge < -0.3 is 14.4 Å². The minimum atomic E-state index is -3.13. The van der Waals surface area contributed by atoms with Crippen LogP contribution in [0.1, 0.15) is 30.6 Å². The summed E-state index contributed by atoms with van der Waals surface area (Å²) in [7, 11) is -1.72. The molecule has 1 heterocycles. The highest BCUT2D eigenvalue weighted by Gasteiger charge is 2.35. The summed E-state index contributed by atoms with van der Waals surface area (Å²) >= 11 is 5.91. The largest absolute Gasteiger partial charge is 0.496 e. The van der Waals surface area contributed by atoms with Gasteiger partial charge in [0.15, 0.2) is 16.4 Å². The zero-order valence-corrected chi connectivity index (χ0v) is 17.2. The van der Waals surface area contributed by atoms with Crippen LogP contribution in [0.2, 0.25) is 5.02 Å². The third-order valence-electron chi connectivity index (χ3n) is 4.24. The van der Waals surface area contributed by atoms with Crippen LogP contribution in [-0.4, -0.2) is 63.0 Å². The number of hydrogen-bond acceptors (Lipinski definition) is 6. The molecule has 9 heteroatoms. The van der Waals surface area contributed by atoms with Crippen molar-refractivity contribution in [1.29, 1.82) is 0 Å². The van der Waals surface area contributed by atoms with Crippen LogP contribution in [0.25, 0.3) is 0 Å². The van der Waals surface area contributed by atoms with Gasteiger partial charge in [0.2, 0.25) is 0 Å². The molecule has 1 amide bonds. The fourth-order valence-corrected chi connectivity index (χ4v) is 4.90. The van der Waals surface area contributed by atoms with Crippen molar-refractivity contribution in [2.24, 2.45) is 5.92 Å². The first kappa shape index (κ1) is 21.5. The number of carbonyl (C=O) groups is 2. The van der Waals surface area contributed by atoms with Gasteiger partial charge in [0.1, 0.15) is 11.3 Å². The molecule has 1 aliphatic heterocycles. The molecule has 1 aromatic rings. The Balaban J connectivity index is 2.07. The molecule has 0 N–H and O–H groups in total. The average molecular weight is 418 g/mol. The van der Waals surface area contributed by atoms with Gasteiger partial charge in [0.25, 0.3) is 5.91 Å². The first-order chi connectivity index (χ1) is 12.6. The SMILES string of the molecule is COc1ccc(Cl)cc1C(=O)OCC(=O)N(CC(C)C)C1CCS(=O)(=O)C1. The number of rotatable bonds is 7. The summed E-state index contributed by atoms with van der Waals surface area (Å²) in [5.41, 5.74) is 0.122. The average Bonchev–Trinajstić information content (AvgIpc) is 2.96. The highest BCUT2D eigenvalue weighted by molar-refractivity contribution is 7.91. The maximum Gasteiger partial charge on any atom is 0.342 e. The van der Waals surface area contributed by atoms with Gasteiger partial charge in [-0.25, -0.2) is 13.2 Å². The van der Waals surface area contributed by atoms with Crippen LogP contribution in [0.3, 0.4) is 0 Å². The molecular formula is C18H24ClNO6S. The summed E-state index contributed by atoms with van der Waals surface area (Å²) in [6.45, 7) is 3.80. The Labute approximate surface area is 164 Å². The van der Waals surface area contributed by atoms with Crippen molar-refractivity contribution in [2.45, 2.75) is 26.3 Å². The molecule has 27 heavy (non-hydrogen) atoms. The van der Waals surface area contributed by atoms with E-state index in [1.54, 1.807) is 6.07 Å². The smallest absolute Gasteiger partial charge is 0.342 e. The molecule has 1 fully saturated rings. The summed E-state index contributed by atoms with van der Waals surface area (Å²) in [6, 6.07) is 4.13. The van der Waals surface area contributed by atoms with Gasteiger partial charge in [-0.05, 0) is 30.5 Å². The molecule has 1 atom stereocenters. The second kappa shape index (κ2) is 8.93. The lowest BCUT2D eigenvalue weighted by atomic mass is 10.1. The van der Waals surface area contributed by atoms with E-state index < -0.39 is 28.3 Å². The molecule has 1 unspecified atom stereocenters. The third-order valence-corrected chi connectivity index (χ3v) is 6.22. The number of amides is 1. The van der Waals surface area contributed by atoms with Crippen molar-refractivity contribution in [3.05, 3.63) is 28.8 Å². The molecule has 1 aliphatic rings. The Morgan fingerprint density at radius 3 is 2.59 bits per heavy atom. The molecular weight excluding hydrogens is 394 g/mol. The molecule has 2 rings (SSSR count). The predicted molar refractivity (Wildman–Crippen MR) is 102 cm³/mol. The number of halogens is 1. The fraction of sp³-hybridized carbons (Fsp3) is 0.556. The van der Waals surface area contributed by atoms with Crippen molar-refractivity contribution < 1.29 is 27.5 Å². The van der Waals surface area contributed by atoms with Gasteiger partial charge in [-0.2, -0.15) is 0 Å². The molecule has 0 saturated carbocycles. The maximum absolute atomic E-state index is 12.6. The Bertz CT molecular complexity index is 808. The van der Waals surface area contributed by atoms with Crippen LogP contribution >= 0.6 is 11.6 Å². The molecule has 1 saturated heterocycles. The van der Waals surface area contributed by atoms with Crippen LogP contribution in [0, 0.1) is 5.92 Å². The van der Waals surface area contributed by atoms with E-state index in [2.05, 4.69) is 0 Å². The lowest BCUT2D eigenvalue weighted by Crippen LogP contribution is -2.45. The minimum Gasteiger partial charge on any atom is -0.496 e. The van der Waals surface area contributed by atoms with Gasteiger partial charge in [-0.1, -0.05) is 25.4 Å². The molecule has 0 spiro atoms. The van der Waals surface area contributed by atoms with Gasteiger partial charge >= 0.3 is 5.97 Å². The topological polar surface area (TPSA) is 90.0 Å². The molecule has 1 aromatic carbocycles. The molecule has 7 nitrogen and oxygen atoms in total. The van der Waals surface area contributed by atoms with E-state index in [9.17, 15) is 18.0 Å². The first-order valence-electron chi connectivity index (χ1n) is 8.63. The second-order valence-corrected chi connectivity index (χ2v) is 9.58. The molecule has 0 aromatic heterocycles. The van der Waals surface area contributed by atoms with Gasteiger partial charge in [-0.15, -0.1) is 0 Å². The number of nitrogens with zero attached hydrogens (tertiary/aromatic N) is 1. The number of carbonyl (C=O) groups excluding carboxylic acids is 2. The van der Waals surface area contributed by atoms with Gasteiger partial charge in [0.05, 0.1) is 18.6 Å². The zero-order valence-electron chi connectivity index (χ0n) is 15.6. The minimum absolute atomic E-state index is 0.0540. The standard InChI is InChI=1S/C18H24ClNO6S/c1-12(2)9-20(14-6-7-27(23,24)11-14)17(21)10-26-18(22)15-8-13(19)4-5-16(15)25-3/h4-5,8,12,14H,6-7,9-11H2,1-3H3. The highest BCUT2D eigenvalue weighted by Crippen LogP contribution is 2.24. The predicted octanol–water partition coefficient (Wildman–Crippen LogP) is 2.18. The number of ether oxygens (including phenoxy) is 2. The van der Waals surface area contributed by atoms with Gasteiger partial charge in [-0.3, -0.25) is 4.79 Å². The van der Waals surface area contributed by atoms with E-state index in [4.69, 9.17) is 21.1 Å². The van der Waals surface area contributed by atoms with E-state index in [1.807, 2.05) is 13.8 Å². The van der Waals surface area contributed by atoms with Crippen molar-refractivity contribution in [3.8, 4) is 5.75 Å². The quantitative estimate of drug-likeness (QED) is 0.631. The monoisotopic (exact) mass is 417 g/mol. The van der Waals surface area contributed by atoms with E-state index in [1.165, 1.54) is 24.1 Å². The van der Waals surface area contributed by atoms with Crippen LogP contribution < -0.4 is 4.74 Å². The van der Waals surface area contributed by atoms with Crippen molar-refractivity contribution in [1.82, 2.24) is 4.90 Å². The third kappa shape index (κ3) is 5.84. The zero-order chi connectivity index (χ0) is 20.2. The normalized spacial score (nSPS) is 18.3. The molecule has 0 aliphatic carbocycles. The Morgan fingerprint density at radius 1 is 1.33 bits per heavy atom.